The zero-order valence-electron chi connectivity index (χ0n) is 17.6. The molecule has 8 heteroatoms. The number of carbonyl (C=O) groups excluding carboxylic acids is 1. The van der Waals surface area contributed by atoms with Crippen molar-refractivity contribution in [2.45, 2.75) is 6.92 Å². The van der Waals surface area contributed by atoms with E-state index in [1.807, 2.05) is 31.2 Å². The van der Waals surface area contributed by atoms with Crippen LogP contribution in [0.5, 0.6) is 11.5 Å². The number of thioether (sulfide) groups is 1. The monoisotopic (exact) mass is 439 g/mol. The van der Waals surface area contributed by atoms with Crippen LogP contribution in [-0.2, 0) is 9.53 Å². The number of morpholine rings is 1. The molecule has 0 atom stereocenters. The van der Waals surface area contributed by atoms with Crippen LogP contribution >= 0.6 is 11.8 Å². The van der Waals surface area contributed by atoms with Crippen molar-refractivity contribution in [3.8, 4) is 11.5 Å². The topological polar surface area (TPSA) is 74.6 Å². The Morgan fingerprint density at radius 1 is 1.19 bits per heavy atom. The molecule has 2 aromatic carbocycles. The largest absolute Gasteiger partial charge is 0.504 e. The van der Waals surface area contributed by atoms with E-state index >= 15 is 0 Å². The Hall–Kier alpha value is -2.97. The lowest BCUT2D eigenvalue weighted by Crippen LogP contribution is -2.36. The molecule has 0 radical (unpaired) electrons. The first-order valence-electron chi connectivity index (χ1n) is 10.2. The van der Waals surface area contributed by atoms with Crippen LogP contribution in [0.4, 0.5) is 11.4 Å². The van der Waals surface area contributed by atoms with Crippen LogP contribution in [0.15, 0.2) is 52.4 Å². The molecule has 31 heavy (non-hydrogen) atoms. The second-order valence-electron chi connectivity index (χ2n) is 7.11. The third kappa shape index (κ3) is 4.70. The first-order chi connectivity index (χ1) is 15.1. The van der Waals surface area contributed by atoms with Gasteiger partial charge in [-0.1, -0.05) is 12.1 Å². The first kappa shape index (κ1) is 21.3. The Balaban J connectivity index is 1.53. The predicted octanol–water partition coefficient (Wildman–Crippen LogP) is 3.86. The third-order valence-corrected chi connectivity index (χ3v) is 6.13. The van der Waals surface area contributed by atoms with Crippen molar-refractivity contribution in [2.75, 3.05) is 44.9 Å². The molecule has 2 aromatic rings. The normalized spacial score (nSPS) is 19.5. The lowest BCUT2D eigenvalue weighted by molar-refractivity contribution is -0.121. The number of rotatable bonds is 5. The van der Waals surface area contributed by atoms with Crippen LogP contribution in [-0.4, -0.2) is 61.0 Å². The van der Waals surface area contributed by atoms with E-state index in [4.69, 9.17) is 9.47 Å². The van der Waals surface area contributed by atoms with Gasteiger partial charge in [-0.3, -0.25) is 9.69 Å². The SMILES string of the molecule is CCOc1cccc(/C=C2\SC(=Nc3ccc(N4CCOCC4)cc3)N(C)C2=O)c1O. The van der Waals surface area contributed by atoms with Gasteiger partial charge in [0.1, 0.15) is 0 Å². The highest BCUT2D eigenvalue weighted by atomic mass is 32.2. The summed E-state index contributed by atoms with van der Waals surface area (Å²) in [5, 5.41) is 11.0. The van der Waals surface area contributed by atoms with Gasteiger partial charge < -0.3 is 19.5 Å². The van der Waals surface area contributed by atoms with E-state index < -0.39 is 0 Å². The molecule has 1 amide bonds. The maximum atomic E-state index is 12.7. The summed E-state index contributed by atoms with van der Waals surface area (Å²) in [5.41, 5.74) is 2.45. The highest BCUT2D eigenvalue weighted by molar-refractivity contribution is 8.18. The molecule has 0 spiro atoms. The van der Waals surface area contributed by atoms with Gasteiger partial charge in [-0.15, -0.1) is 0 Å². The molecule has 2 aliphatic heterocycles. The van der Waals surface area contributed by atoms with E-state index in [1.165, 1.54) is 16.7 Å². The van der Waals surface area contributed by atoms with Crippen molar-refractivity contribution in [3.05, 3.63) is 52.9 Å². The van der Waals surface area contributed by atoms with Crippen LogP contribution in [0.2, 0.25) is 0 Å². The molecule has 0 saturated carbocycles. The Labute approximate surface area is 186 Å². The molecule has 2 fully saturated rings. The lowest BCUT2D eigenvalue weighted by atomic mass is 10.1. The number of aliphatic imine (C=N–C) groups is 1. The molecular weight excluding hydrogens is 414 g/mol. The van der Waals surface area contributed by atoms with Crippen molar-refractivity contribution in [1.29, 1.82) is 0 Å². The highest BCUT2D eigenvalue weighted by Gasteiger charge is 2.30. The number of aromatic hydroxyl groups is 1. The number of ether oxygens (including phenoxy) is 2. The minimum atomic E-state index is -0.158. The van der Waals surface area contributed by atoms with E-state index in [2.05, 4.69) is 9.89 Å². The summed E-state index contributed by atoms with van der Waals surface area (Å²) in [4.78, 5) is 21.7. The molecule has 0 aliphatic carbocycles. The van der Waals surface area contributed by atoms with Crippen LogP contribution in [0, 0.1) is 0 Å². The lowest BCUT2D eigenvalue weighted by Gasteiger charge is -2.28. The number of amides is 1. The standard InChI is InChI=1S/C23H25N3O4S/c1-3-30-19-6-4-5-16(21(19)27)15-20-22(28)25(2)23(31-20)24-17-7-9-18(10-8-17)26-11-13-29-14-12-26/h4-10,15,27H,3,11-14H2,1-2H3/b20-15-,24-23?. The summed E-state index contributed by atoms with van der Waals surface area (Å²) < 4.78 is 10.8. The molecule has 2 aliphatic rings. The average molecular weight is 440 g/mol. The van der Waals surface area contributed by atoms with Gasteiger partial charge in [-0.05, 0) is 55.1 Å². The van der Waals surface area contributed by atoms with Crippen molar-refractivity contribution >= 4 is 40.3 Å². The number of nitrogens with zero attached hydrogens (tertiary/aromatic N) is 3. The average Bonchev–Trinajstić information content (AvgIpc) is 3.05. The smallest absolute Gasteiger partial charge is 0.266 e. The summed E-state index contributed by atoms with van der Waals surface area (Å²) in [6, 6.07) is 13.2. The van der Waals surface area contributed by atoms with Crippen LogP contribution < -0.4 is 9.64 Å². The van der Waals surface area contributed by atoms with Crippen molar-refractivity contribution in [2.24, 2.45) is 4.99 Å². The van der Waals surface area contributed by atoms with Crippen LogP contribution in [0.3, 0.4) is 0 Å². The molecule has 0 bridgehead atoms. The van der Waals surface area contributed by atoms with E-state index in [9.17, 15) is 9.90 Å². The van der Waals surface area contributed by atoms with E-state index in [0.717, 1.165) is 37.7 Å². The molecule has 0 unspecified atom stereocenters. The first-order valence-corrected chi connectivity index (χ1v) is 11.0. The quantitative estimate of drug-likeness (QED) is 0.713. The Morgan fingerprint density at radius 3 is 2.65 bits per heavy atom. The van der Waals surface area contributed by atoms with Crippen molar-refractivity contribution < 1.29 is 19.4 Å². The summed E-state index contributed by atoms with van der Waals surface area (Å²) in [6.07, 6.45) is 1.67. The maximum Gasteiger partial charge on any atom is 0.266 e. The zero-order chi connectivity index (χ0) is 21.8. The fourth-order valence-corrected chi connectivity index (χ4v) is 4.37. The van der Waals surface area contributed by atoms with Crippen molar-refractivity contribution in [3.63, 3.8) is 0 Å². The number of amidine groups is 1. The summed E-state index contributed by atoms with van der Waals surface area (Å²) in [7, 11) is 1.70. The molecule has 0 aromatic heterocycles. The Kier molecular flexibility index (Phi) is 6.48. The number of phenols is 1. The number of anilines is 1. The van der Waals surface area contributed by atoms with Crippen LogP contribution in [0.25, 0.3) is 6.08 Å². The highest BCUT2D eigenvalue weighted by Crippen LogP contribution is 2.37. The number of hydrogen-bond acceptors (Lipinski definition) is 7. The van der Waals surface area contributed by atoms with E-state index in [-0.39, 0.29) is 11.7 Å². The minimum absolute atomic E-state index is 0.0250. The number of carbonyl (C=O) groups is 1. The second-order valence-corrected chi connectivity index (χ2v) is 8.12. The molecule has 2 saturated heterocycles. The number of hydrogen-bond donors (Lipinski definition) is 1. The van der Waals surface area contributed by atoms with E-state index in [1.54, 1.807) is 31.3 Å². The number of likely N-dealkylation sites (N-methyl/N-ethyl adjacent to an activating group) is 1. The van der Waals surface area contributed by atoms with Gasteiger partial charge >= 0.3 is 0 Å². The zero-order valence-corrected chi connectivity index (χ0v) is 18.4. The van der Waals surface area contributed by atoms with Gasteiger partial charge in [-0.25, -0.2) is 4.99 Å². The Morgan fingerprint density at radius 2 is 1.94 bits per heavy atom. The molecule has 2 heterocycles. The molecular formula is C23H25N3O4S. The van der Waals surface area contributed by atoms with Gasteiger partial charge in [0.25, 0.3) is 5.91 Å². The van der Waals surface area contributed by atoms with Crippen LogP contribution in [0.1, 0.15) is 12.5 Å². The Bertz CT molecular complexity index is 1010. The predicted molar refractivity (Wildman–Crippen MR) is 124 cm³/mol. The maximum absolute atomic E-state index is 12.7. The summed E-state index contributed by atoms with van der Waals surface area (Å²) >= 11 is 1.29. The van der Waals surface area contributed by atoms with Gasteiger partial charge in [0.2, 0.25) is 0 Å². The van der Waals surface area contributed by atoms with Crippen molar-refractivity contribution in [1.82, 2.24) is 4.90 Å². The van der Waals surface area contributed by atoms with Gasteiger partial charge in [0.15, 0.2) is 16.7 Å². The fourth-order valence-electron chi connectivity index (χ4n) is 3.39. The number of para-hydroxylation sites is 1. The number of phenolic OH excluding ortho intramolecular Hbond substituents is 1. The summed E-state index contributed by atoms with van der Waals surface area (Å²) in [6.45, 7) is 5.55. The molecule has 7 nitrogen and oxygen atoms in total. The molecule has 162 valence electrons. The number of benzene rings is 2. The van der Waals surface area contributed by atoms with E-state index in [0.29, 0.717) is 28.0 Å². The summed E-state index contributed by atoms with van der Waals surface area (Å²) in [5.74, 6) is 0.266. The second kappa shape index (κ2) is 9.45. The molecule has 1 N–H and O–H groups in total. The third-order valence-electron chi connectivity index (χ3n) is 5.07. The van der Waals surface area contributed by atoms with Gasteiger partial charge in [0.05, 0.1) is 30.4 Å². The fraction of sp³-hybridized carbons (Fsp3) is 0.304. The minimum Gasteiger partial charge on any atom is -0.504 e. The van der Waals surface area contributed by atoms with Gasteiger partial charge in [0, 0.05) is 31.4 Å². The molecule has 4 rings (SSSR count). The van der Waals surface area contributed by atoms with Gasteiger partial charge in [-0.2, -0.15) is 0 Å².